The Bertz CT molecular complexity index is 819. The smallest absolute Gasteiger partial charge is 0.255 e. The van der Waals surface area contributed by atoms with Crippen LogP contribution in [0.5, 0.6) is 11.5 Å². The van der Waals surface area contributed by atoms with E-state index in [1.54, 1.807) is 24.3 Å². The van der Waals surface area contributed by atoms with Gasteiger partial charge >= 0.3 is 0 Å². The van der Waals surface area contributed by atoms with E-state index in [9.17, 15) is 9.59 Å². The molecule has 0 saturated carbocycles. The average molecular weight is 382 g/mol. The van der Waals surface area contributed by atoms with E-state index >= 15 is 0 Å². The molecule has 0 aromatic heterocycles. The van der Waals surface area contributed by atoms with Crippen molar-refractivity contribution in [3.8, 4) is 11.5 Å². The molecule has 1 unspecified atom stereocenters. The molecule has 0 fully saturated rings. The molecule has 3 N–H and O–H groups in total. The van der Waals surface area contributed by atoms with Crippen molar-refractivity contribution in [1.82, 2.24) is 5.32 Å². The van der Waals surface area contributed by atoms with Gasteiger partial charge in [0.2, 0.25) is 5.91 Å². The molecule has 6 heteroatoms. The van der Waals surface area contributed by atoms with Crippen LogP contribution < -0.4 is 20.5 Å². The Labute approximate surface area is 165 Å². The fourth-order valence-corrected chi connectivity index (χ4v) is 2.62. The number of primary amides is 1. The van der Waals surface area contributed by atoms with Gasteiger partial charge < -0.3 is 20.5 Å². The minimum Gasteiger partial charge on any atom is -0.493 e. The van der Waals surface area contributed by atoms with Crippen LogP contribution in [-0.4, -0.2) is 31.6 Å². The summed E-state index contributed by atoms with van der Waals surface area (Å²) in [5, 5.41) is 2.96. The SMILES string of the molecule is COc1cc(/C=C/C(=O)NC(C)CCc2ccccc2)ccc1OCC(N)=O. The number of carbonyl (C=O) groups is 2. The number of ether oxygens (including phenoxy) is 2. The van der Waals surface area contributed by atoms with Crippen LogP contribution in [0, 0.1) is 0 Å². The first kappa shape index (κ1) is 21.0. The molecule has 0 spiro atoms. The number of amides is 2. The van der Waals surface area contributed by atoms with Gasteiger partial charge in [0.25, 0.3) is 5.91 Å². The van der Waals surface area contributed by atoms with Gasteiger partial charge in [-0.1, -0.05) is 36.4 Å². The lowest BCUT2D eigenvalue weighted by Crippen LogP contribution is -2.31. The highest BCUT2D eigenvalue weighted by molar-refractivity contribution is 5.92. The van der Waals surface area contributed by atoms with Crippen LogP contribution in [0.25, 0.3) is 6.08 Å². The van der Waals surface area contributed by atoms with Crippen molar-refractivity contribution in [2.45, 2.75) is 25.8 Å². The summed E-state index contributed by atoms with van der Waals surface area (Å²) in [4.78, 5) is 23.0. The lowest BCUT2D eigenvalue weighted by molar-refractivity contribution is -0.120. The first-order valence-electron chi connectivity index (χ1n) is 9.09. The van der Waals surface area contributed by atoms with Gasteiger partial charge in [-0.2, -0.15) is 0 Å². The maximum atomic E-state index is 12.1. The molecular formula is C22H26N2O4. The number of nitrogens with two attached hydrogens (primary N) is 1. The van der Waals surface area contributed by atoms with Gasteiger partial charge in [0.1, 0.15) is 0 Å². The Morgan fingerprint density at radius 1 is 1.14 bits per heavy atom. The van der Waals surface area contributed by atoms with Crippen molar-refractivity contribution in [2.24, 2.45) is 5.73 Å². The van der Waals surface area contributed by atoms with E-state index in [-0.39, 0.29) is 18.6 Å². The second kappa shape index (κ2) is 10.8. The second-order valence-corrected chi connectivity index (χ2v) is 6.43. The first-order valence-corrected chi connectivity index (χ1v) is 9.09. The highest BCUT2D eigenvalue weighted by Gasteiger charge is 2.08. The average Bonchev–Trinajstić information content (AvgIpc) is 2.70. The third-order valence-corrected chi connectivity index (χ3v) is 4.08. The molecule has 0 heterocycles. The Kier molecular flexibility index (Phi) is 8.09. The van der Waals surface area contributed by atoms with E-state index in [2.05, 4.69) is 17.4 Å². The van der Waals surface area contributed by atoms with E-state index in [1.165, 1.54) is 18.7 Å². The molecule has 2 aromatic carbocycles. The monoisotopic (exact) mass is 382 g/mol. The van der Waals surface area contributed by atoms with Gasteiger partial charge in [-0.15, -0.1) is 0 Å². The van der Waals surface area contributed by atoms with Crippen LogP contribution in [-0.2, 0) is 16.0 Å². The third-order valence-electron chi connectivity index (χ3n) is 4.08. The van der Waals surface area contributed by atoms with E-state index < -0.39 is 5.91 Å². The Hall–Kier alpha value is -3.28. The van der Waals surface area contributed by atoms with Gasteiger partial charge in [-0.25, -0.2) is 0 Å². The van der Waals surface area contributed by atoms with Crippen LogP contribution in [0.3, 0.4) is 0 Å². The molecular weight excluding hydrogens is 356 g/mol. The van der Waals surface area contributed by atoms with E-state index in [1.807, 2.05) is 25.1 Å². The van der Waals surface area contributed by atoms with Crippen LogP contribution in [0.1, 0.15) is 24.5 Å². The molecule has 1 atom stereocenters. The maximum absolute atomic E-state index is 12.1. The van der Waals surface area contributed by atoms with Gasteiger partial charge in [0.15, 0.2) is 18.1 Å². The fraction of sp³-hybridized carbons (Fsp3) is 0.273. The van der Waals surface area contributed by atoms with Crippen molar-refractivity contribution < 1.29 is 19.1 Å². The lowest BCUT2D eigenvalue weighted by atomic mass is 10.1. The Balaban J connectivity index is 1.87. The number of carbonyl (C=O) groups excluding carboxylic acids is 2. The molecule has 2 aromatic rings. The van der Waals surface area contributed by atoms with Crippen LogP contribution in [0.2, 0.25) is 0 Å². The molecule has 0 radical (unpaired) electrons. The summed E-state index contributed by atoms with van der Waals surface area (Å²) in [7, 11) is 1.50. The summed E-state index contributed by atoms with van der Waals surface area (Å²) in [6, 6.07) is 15.4. The van der Waals surface area contributed by atoms with Crippen molar-refractivity contribution in [3.05, 3.63) is 65.7 Å². The predicted octanol–water partition coefficient (Wildman–Crippen LogP) is 2.71. The molecule has 0 saturated heterocycles. The summed E-state index contributed by atoms with van der Waals surface area (Å²) in [5.41, 5.74) is 7.10. The molecule has 28 heavy (non-hydrogen) atoms. The van der Waals surface area contributed by atoms with Gasteiger partial charge in [0.05, 0.1) is 7.11 Å². The fourth-order valence-electron chi connectivity index (χ4n) is 2.62. The molecule has 2 amide bonds. The molecule has 0 aliphatic carbocycles. The van der Waals surface area contributed by atoms with Crippen LogP contribution in [0.4, 0.5) is 0 Å². The summed E-state index contributed by atoms with van der Waals surface area (Å²) in [6.45, 7) is 1.76. The van der Waals surface area contributed by atoms with Gasteiger partial charge in [-0.05, 0) is 49.1 Å². The molecule has 148 valence electrons. The largest absolute Gasteiger partial charge is 0.493 e. The number of benzene rings is 2. The molecule has 0 aliphatic heterocycles. The van der Waals surface area contributed by atoms with Crippen molar-refractivity contribution in [3.63, 3.8) is 0 Å². The standard InChI is InChI=1S/C22H26N2O4/c1-16(8-9-17-6-4-3-5-7-17)24-22(26)13-11-18-10-12-19(20(14-18)27-2)28-15-21(23)25/h3-7,10-14,16H,8-9,15H2,1-2H3,(H2,23,25)(H,24,26)/b13-11+. The van der Waals surface area contributed by atoms with E-state index in [0.29, 0.717) is 11.5 Å². The maximum Gasteiger partial charge on any atom is 0.255 e. The Morgan fingerprint density at radius 2 is 1.89 bits per heavy atom. The Morgan fingerprint density at radius 3 is 2.57 bits per heavy atom. The topological polar surface area (TPSA) is 90.7 Å². The summed E-state index contributed by atoms with van der Waals surface area (Å²) in [5.74, 6) is 0.148. The molecule has 2 rings (SSSR count). The van der Waals surface area contributed by atoms with Crippen molar-refractivity contribution in [2.75, 3.05) is 13.7 Å². The van der Waals surface area contributed by atoms with Crippen LogP contribution >= 0.6 is 0 Å². The number of hydrogen-bond donors (Lipinski definition) is 2. The van der Waals surface area contributed by atoms with Crippen molar-refractivity contribution >= 4 is 17.9 Å². The second-order valence-electron chi connectivity index (χ2n) is 6.43. The first-order chi connectivity index (χ1) is 13.5. The summed E-state index contributed by atoms with van der Waals surface area (Å²) in [6.07, 6.45) is 4.96. The summed E-state index contributed by atoms with van der Waals surface area (Å²) >= 11 is 0. The lowest BCUT2D eigenvalue weighted by Gasteiger charge is -2.12. The zero-order valence-electron chi connectivity index (χ0n) is 16.2. The predicted molar refractivity (Wildman–Crippen MR) is 109 cm³/mol. The van der Waals surface area contributed by atoms with Gasteiger partial charge in [-0.3, -0.25) is 9.59 Å². The summed E-state index contributed by atoms with van der Waals surface area (Å²) < 4.78 is 10.5. The highest BCUT2D eigenvalue weighted by atomic mass is 16.5. The minimum absolute atomic E-state index is 0.0662. The number of aryl methyl sites for hydroxylation is 1. The minimum atomic E-state index is -0.566. The quantitative estimate of drug-likeness (QED) is 0.618. The third kappa shape index (κ3) is 7.15. The van der Waals surface area contributed by atoms with E-state index in [4.69, 9.17) is 15.2 Å². The highest BCUT2D eigenvalue weighted by Crippen LogP contribution is 2.28. The normalized spacial score (nSPS) is 11.8. The molecule has 6 nitrogen and oxygen atoms in total. The number of hydrogen-bond acceptors (Lipinski definition) is 4. The number of nitrogens with one attached hydrogen (secondary N) is 1. The number of rotatable bonds is 10. The van der Waals surface area contributed by atoms with Gasteiger partial charge in [0, 0.05) is 12.1 Å². The van der Waals surface area contributed by atoms with Crippen LogP contribution in [0.15, 0.2) is 54.6 Å². The number of methoxy groups -OCH3 is 1. The zero-order chi connectivity index (χ0) is 20.4. The molecule has 0 aliphatic rings. The molecule has 0 bridgehead atoms. The van der Waals surface area contributed by atoms with Crippen molar-refractivity contribution in [1.29, 1.82) is 0 Å². The zero-order valence-corrected chi connectivity index (χ0v) is 16.2. The van der Waals surface area contributed by atoms with E-state index in [0.717, 1.165) is 18.4 Å².